The SMILES string of the molecule is CC(C)CN(C(C)C)C(CN)c1cnn(C)c1. The predicted octanol–water partition coefficient (Wildman–Crippen LogP) is 1.79. The number of aromatic nitrogens is 2. The fourth-order valence-corrected chi connectivity index (χ4v) is 2.19. The molecule has 1 aromatic heterocycles. The van der Waals surface area contributed by atoms with E-state index in [0.29, 0.717) is 18.5 Å². The van der Waals surface area contributed by atoms with E-state index in [0.717, 1.165) is 6.54 Å². The summed E-state index contributed by atoms with van der Waals surface area (Å²) < 4.78 is 1.84. The smallest absolute Gasteiger partial charge is 0.0538 e. The Morgan fingerprint density at radius 1 is 1.35 bits per heavy atom. The van der Waals surface area contributed by atoms with Crippen molar-refractivity contribution in [2.45, 2.75) is 39.8 Å². The van der Waals surface area contributed by atoms with Gasteiger partial charge in [-0.25, -0.2) is 0 Å². The summed E-state index contributed by atoms with van der Waals surface area (Å²) in [7, 11) is 1.94. The maximum Gasteiger partial charge on any atom is 0.0538 e. The highest BCUT2D eigenvalue weighted by atomic mass is 15.3. The lowest BCUT2D eigenvalue weighted by Crippen LogP contribution is -2.40. The Balaban J connectivity index is 2.88. The Hall–Kier alpha value is -0.870. The summed E-state index contributed by atoms with van der Waals surface area (Å²) >= 11 is 0. The quantitative estimate of drug-likeness (QED) is 0.822. The standard InChI is InChI=1S/C13H26N4/c1-10(2)8-17(11(3)4)13(6-14)12-7-15-16(5)9-12/h7,9-11,13H,6,8,14H2,1-5H3. The highest BCUT2D eigenvalue weighted by Crippen LogP contribution is 2.22. The molecular formula is C13H26N4. The Kier molecular flexibility index (Phi) is 5.15. The molecule has 98 valence electrons. The molecule has 2 N–H and O–H groups in total. The van der Waals surface area contributed by atoms with Crippen LogP contribution in [0.1, 0.15) is 39.3 Å². The molecule has 0 aromatic carbocycles. The summed E-state index contributed by atoms with van der Waals surface area (Å²) in [5, 5.41) is 4.24. The Bertz CT molecular complexity index is 330. The van der Waals surface area contributed by atoms with Gasteiger partial charge in [-0.3, -0.25) is 9.58 Å². The third-order valence-corrected chi connectivity index (χ3v) is 2.97. The van der Waals surface area contributed by atoms with E-state index in [4.69, 9.17) is 5.73 Å². The lowest BCUT2D eigenvalue weighted by Gasteiger charge is -2.35. The summed E-state index contributed by atoms with van der Waals surface area (Å²) in [5.41, 5.74) is 7.16. The number of hydrogen-bond donors (Lipinski definition) is 1. The zero-order valence-corrected chi connectivity index (χ0v) is 11.7. The predicted molar refractivity (Wildman–Crippen MR) is 71.7 cm³/mol. The molecule has 17 heavy (non-hydrogen) atoms. The van der Waals surface area contributed by atoms with Gasteiger partial charge in [-0.1, -0.05) is 13.8 Å². The fourth-order valence-electron chi connectivity index (χ4n) is 2.19. The van der Waals surface area contributed by atoms with Crippen LogP contribution in [0.5, 0.6) is 0 Å². The highest BCUT2D eigenvalue weighted by Gasteiger charge is 2.23. The third-order valence-electron chi connectivity index (χ3n) is 2.97. The van der Waals surface area contributed by atoms with Crippen LogP contribution in [-0.2, 0) is 7.05 Å². The summed E-state index contributed by atoms with van der Waals surface area (Å²) in [4.78, 5) is 2.46. The average molecular weight is 238 g/mol. The van der Waals surface area contributed by atoms with E-state index in [1.165, 1.54) is 5.56 Å². The number of nitrogens with zero attached hydrogens (tertiary/aromatic N) is 3. The van der Waals surface area contributed by atoms with Gasteiger partial charge in [0.2, 0.25) is 0 Å². The van der Waals surface area contributed by atoms with Gasteiger partial charge in [0.15, 0.2) is 0 Å². The van der Waals surface area contributed by atoms with Crippen LogP contribution < -0.4 is 5.73 Å². The molecule has 1 heterocycles. The van der Waals surface area contributed by atoms with E-state index in [9.17, 15) is 0 Å². The van der Waals surface area contributed by atoms with Gasteiger partial charge >= 0.3 is 0 Å². The van der Waals surface area contributed by atoms with Gasteiger partial charge in [-0.05, 0) is 19.8 Å². The molecule has 1 unspecified atom stereocenters. The molecule has 0 amide bonds. The molecule has 1 rings (SSSR count). The van der Waals surface area contributed by atoms with Gasteiger partial charge in [0, 0.05) is 37.9 Å². The van der Waals surface area contributed by atoms with Crippen molar-refractivity contribution in [3.05, 3.63) is 18.0 Å². The molecule has 0 aliphatic rings. The molecule has 0 fully saturated rings. The molecule has 0 saturated carbocycles. The minimum atomic E-state index is 0.270. The van der Waals surface area contributed by atoms with Crippen LogP contribution in [0.25, 0.3) is 0 Å². The number of aryl methyl sites for hydroxylation is 1. The zero-order chi connectivity index (χ0) is 13.0. The second-order valence-corrected chi connectivity index (χ2v) is 5.38. The van der Waals surface area contributed by atoms with Gasteiger partial charge in [-0.2, -0.15) is 5.10 Å². The lowest BCUT2D eigenvalue weighted by molar-refractivity contribution is 0.138. The maximum atomic E-state index is 5.95. The van der Waals surface area contributed by atoms with Gasteiger partial charge < -0.3 is 5.73 Å². The van der Waals surface area contributed by atoms with Crippen molar-refractivity contribution >= 4 is 0 Å². The Morgan fingerprint density at radius 3 is 2.35 bits per heavy atom. The summed E-state index contributed by atoms with van der Waals surface area (Å²) in [6, 6.07) is 0.761. The monoisotopic (exact) mass is 238 g/mol. The van der Waals surface area contributed by atoms with Crippen LogP contribution in [0.3, 0.4) is 0 Å². The van der Waals surface area contributed by atoms with Crippen LogP contribution in [0.2, 0.25) is 0 Å². The van der Waals surface area contributed by atoms with Crippen molar-refractivity contribution in [1.82, 2.24) is 14.7 Å². The molecule has 0 spiro atoms. The van der Waals surface area contributed by atoms with Crippen molar-refractivity contribution in [2.24, 2.45) is 18.7 Å². The first-order valence-electron chi connectivity index (χ1n) is 6.40. The zero-order valence-electron chi connectivity index (χ0n) is 11.7. The Morgan fingerprint density at radius 2 is 2.00 bits per heavy atom. The second-order valence-electron chi connectivity index (χ2n) is 5.38. The second kappa shape index (κ2) is 6.17. The molecule has 0 bridgehead atoms. The molecule has 1 aromatic rings. The highest BCUT2D eigenvalue weighted by molar-refractivity contribution is 5.11. The van der Waals surface area contributed by atoms with Gasteiger partial charge in [-0.15, -0.1) is 0 Å². The van der Waals surface area contributed by atoms with E-state index in [-0.39, 0.29) is 6.04 Å². The first kappa shape index (κ1) is 14.2. The number of hydrogen-bond acceptors (Lipinski definition) is 3. The average Bonchev–Trinajstić information content (AvgIpc) is 2.64. The molecule has 0 aliphatic heterocycles. The first-order chi connectivity index (χ1) is 7.95. The van der Waals surface area contributed by atoms with E-state index in [1.807, 2.05) is 17.9 Å². The van der Waals surface area contributed by atoms with Crippen LogP contribution >= 0.6 is 0 Å². The third kappa shape index (κ3) is 3.82. The summed E-state index contributed by atoms with van der Waals surface area (Å²) in [6.45, 7) is 10.6. The number of rotatable bonds is 6. The van der Waals surface area contributed by atoms with Gasteiger partial charge in [0.05, 0.1) is 12.2 Å². The van der Waals surface area contributed by atoms with Crippen LogP contribution in [0.4, 0.5) is 0 Å². The van der Waals surface area contributed by atoms with Crippen molar-refractivity contribution in [3.8, 4) is 0 Å². The van der Waals surface area contributed by atoms with Crippen molar-refractivity contribution in [2.75, 3.05) is 13.1 Å². The van der Waals surface area contributed by atoms with E-state index in [2.05, 4.69) is 43.9 Å². The molecule has 0 aliphatic carbocycles. The normalized spacial score (nSPS) is 13.9. The van der Waals surface area contributed by atoms with Crippen LogP contribution in [0.15, 0.2) is 12.4 Å². The first-order valence-corrected chi connectivity index (χ1v) is 6.40. The fraction of sp³-hybridized carbons (Fsp3) is 0.769. The molecule has 4 heteroatoms. The van der Waals surface area contributed by atoms with E-state index < -0.39 is 0 Å². The molecule has 0 saturated heterocycles. The Labute approximate surface area is 105 Å². The molecular weight excluding hydrogens is 212 g/mol. The van der Waals surface area contributed by atoms with Gasteiger partial charge in [0.1, 0.15) is 0 Å². The molecule has 1 atom stereocenters. The van der Waals surface area contributed by atoms with E-state index >= 15 is 0 Å². The van der Waals surface area contributed by atoms with E-state index in [1.54, 1.807) is 0 Å². The minimum absolute atomic E-state index is 0.270. The van der Waals surface area contributed by atoms with Gasteiger partial charge in [0.25, 0.3) is 0 Å². The summed E-state index contributed by atoms with van der Waals surface area (Å²) in [5.74, 6) is 0.642. The molecule has 4 nitrogen and oxygen atoms in total. The van der Waals surface area contributed by atoms with Crippen molar-refractivity contribution in [1.29, 1.82) is 0 Å². The van der Waals surface area contributed by atoms with Crippen LogP contribution in [0, 0.1) is 5.92 Å². The van der Waals surface area contributed by atoms with Crippen LogP contribution in [-0.4, -0.2) is 33.8 Å². The minimum Gasteiger partial charge on any atom is -0.329 e. The largest absolute Gasteiger partial charge is 0.329 e. The topological polar surface area (TPSA) is 47.1 Å². The molecule has 0 radical (unpaired) electrons. The maximum absolute atomic E-state index is 5.95. The number of nitrogens with two attached hydrogens (primary N) is 1. The summed E-state index contributed by atoms with van der Waals surface area (Å²) in [6.07, 6.45) is 3.99. The van der Waals surface area contributed by atoms with Crippen molar-refractivity contribution < 1.29 is 0 Å². The lowest BCUT2D eigenvalue weighted by atomic mass is 10.1. The van der Waals surface area contributed by atoms with Crippen molar-refractivity contribution in [3.63, 3.8) is 0 Å².